The molecule has 0 fully saturated rings. The smallest absolute Gasteiger partial charge is 0.407 e. The lowest BCUT2D eigenvalue weighted by atomic mass is 10.2. The molecular weight excluding hydrogens is 416 g/mol. The van der Waals surface area contributed by atoms with E-state index in [9.17, 15) is 4.79 Å². The quantitative estimate of drug-likeness (QED) is 0.356. The third-order valence-corrected chi connectivity index (χ3v) is 4.07. The van der Waals surface area contributed by atoms with Crippen molar-refractivity contribution in [3.05, 3.63) is 22.2 Å². The van der Waals surface area contributed by atoms with Crippen molar-refractivity contribution in [2.75, 3.05) is 26.9 Å². The summed E-state index contributed by atoms with van der Waals surface area (Å²) in [5.41, 5.74) is 0.554. The molecule has 8 nitrogen and oxygen atoms in total. The number of carbonyl (C=O) groups excluding carboxylic acids is 1. The highest BCUT2D eigenvalue weighted by atomic mass is 79.9. The van der Waals surface area contributed by atoms with Crippen LogP contribution in [0.3, 0.4) is 0 Å². The molecule has 1 aliphatic heterocycles. The Balaban J connectivity index is 1.68. The lowest BCUT2D eigenvalue weighted by Gasteiger charge is -2.19. The lowest BCUT2D eigenvalue weighted by molar-refractivity contribution is 0.0527. The summed E-state index contributed by atoms with van der Waals surface area (Å²) in [4.78, 5) is 15.8. The van der Waals surface area contributed by atoms with Gasteiger partial charge in [-0.15, -0.1) is 0 Å². The Bertz CT molecular complexity index is 689. The minimum atomic E-state index is -0.488. The monoisotopic (exact) mass is 442 g/mol. The number of hydrogen-bond acceptors (Lipinski definition) is 5. The number of aliphatic imine (C=N–C) groups is 1. The van der Waals surface area contributed by atoms with Gasteiger partial charge < -0.3 is 30.2 Å². The van der Waals surface area contributed by atoms with Crippen molar-refractivity contribution in [3.63, 3.8) is 0 Å². The van der Waals surface area contributed by atoms with Crippen molar-refractivity contribution in [2.45, 2.75) is 39.3 Å². The average Bonchev–Trinajstić information content (AvgIpc) is 3.05. The molecule has 1 aromatic carbocycles. The summed E-state index contributed by atoms with van der Waals surface area (Å²) in [5, 5.41) is 9.18. The molecule has 1 heterocycles. The molecule has 3 N–H and O–H groups in total. The van der Waals surface area contributed by atoms with Crippen molar-refractivity contribution in [2.24, 2.45) is 4.99 Å². The Morgan fingerprint density at radius 1 is 1.22 bits per heavy atom. The molecule has 1 amide bonds. The zero-order chi connectivity index (χ0) is 19.9. The molecule has 0 atom stereocenters. The maximum absolute atomic E-state index is 11.6. The van der Waals surface area contributed by atoms with Gasteiger partial charge >= 0.3 is 6.09 Å². The minimum absolute atomic E-state index is 0.241. The number of nitrogens with one attached hydrogen (secondary N) is 3. The van der Waals surface area contributed by atoms with Crippen molar-refractivity contribution in [1.29, 1.82) is 0 Å². The van der Waals surface area contributed by atoms with Crippen molar-refractivity contribution in [1.82, 2.24) is 16.0 Å². The van der Waals surface area contributed by atoms with Gasteiger partial charge in [-0.1, -0.05) is 0 Å². The molecule has 0 radical (unpaired) electrons. The van der Waals surface area contributed by atoms with Crippen molar-refractivity contribution >= 4 is 28.0 Å². The van der Waals surface area contributed by atoms with Crippen LogP contribution in [0.1, 0.15) is 32.8 Å². The van der Waals surface area contributed by atoms with E-state index in [1.165, 1.54) is 0 Å². The second kappa shape index (κ2) is 9.68. The van der Waals surface area contributed by atoms with Gasteiger partial charge in [0, 0.05) is 26.7 Å². The third-order valence-electron chi connectivity index (χ3n) is 3.48. The van der Waals surface area contributed by atoms with Crippen LogP contribution in [-0.2, 0) is 11.3 Å². The normalized spacial score (nSPS) is 13.3. The number of guanidine groups is 1. The zero-order valence-corrected chi connectivity index (χ0v) is 17.7. The molecular formula is C18H27BrN4O4. The summed E-state index contributed by atoms with van der Waals surface area (Å²) >= 11 is 3.49. The van der Waals surface area contributed by atoms with Gasteiger partial charge in [-0.2, -0.15) is 0 Å². The fraction of sp³-hybridized carbons (Fsp3) is 0.556. The number of alkyl carbamates (subject to hydrolysis) is 1. The predicted octanol–water partition coefficient (Wildman–Crippen LogP) is 2.76. The number of hydrogen-bond donors (Lipinski definition) is 3. The topological polar surface area (TPSA) is 93.2 Å². The first kappa shape index (κ1) is 21.1. The lowest BCUT2D eigenvalue weighted by Crippen LogP contribution is -2.39. The number of nitrogens with zero attached hydrogens (tertiary/aromatic N) is 1. The van der Waals surface area contributed by atoms with Gasteiger partial charge in [0.05, 0.1) is 4.47 Å². The molecule has 0 unspecified atom stereocenters. The Morgan fingerprint density at radius 3 is 2.67 bits per heavy atom. The van der Waals surface area contributed by atoms with E-state index in [1.807, 2.05) is 32.9 Å². The first-order chi connectivity index (χ1) is 12.8. The van der Waals surface area contributed by atoms with Gasteiger partial charge in [-0.05, 0) is 60.8 Å². The fourth-order valence-corrected chi connectivity index (χ4v) is 2.93. The highest BCUT2D eigenvalue weighted by Crippen LogP contribution is 2.39. The Morgan fingerprint density at radius 2 is 1.96 bits per heavy atom. The van der Waals surface area contributed by atoms with Crippen LogP contribution in [0.15, 0.2) is 21.6 Å². The first-order valence-electron chi connectivity index (χ1n) is 8.78. The number of ether oxygens (including phenoxy) is 3. The zero-order valence-electron chi connectivity index (χ0n) is 16.1. The molecule has 1 aliphatic rings. The minimum Gasteiger partial charge on any atom is -0.454 e. The molecule has 1 aromatic rings. The maximum Gasteiger partial charge on any atom is 0.407 e. The van der Waals surface area contributed by atoms with Crippen LogP contribution < -0.4 is 25.4 Å². The number of fused-ring (bicyclic) bond motifs is 1. The number of carbonyl (C=O) groups is 1. The van der Waals surface area contributed by atoms with Gasteiger partial charge in [-0.3, -0.25) is 4.99 Å². The van der Waals surface area contributed by atoms with Gasteiger partial charge in [0.25, 0.3) is 0 Å². The van der Waals surface area contributed by atoms with Crippen molar-refractivity contribution < 1.29 is 19.0 Å². The molecule has 0 aromatic heterocycles. The van der Waals surface area contributed by atoms with E-state index in [1.54, 1.807) is 7.05 Å². The molecule has 0 spiro atoms. The SMILES string of the molecule is CN=C(NCCCNC(=O)OC(C)(C)C)NCc1cc(Br)c2c(c1)OCO2. The molecule has 0 saturated carbocycles. The van der Waals surface area contributed by atoms with Crippen LogP contribution in [0.25, 0.3) is 0 Å². The Hall–Kier alpha value is -2.16. The van der Waals surface area contributed by atoms with Crippen LogP contribution >= 0.6 is 15.9 Å². The fourth-order valence-electron chi connectivity index (χ4n) is 2.33. The second-order valence-corrected chi connectivity index (χ2v) is 7.80. The van der Waals surface area contributed by atoms with E-state index in [0.29, 0.717) is 25.6 Å². The molecule has 2 rings (SSSR count). The van der Waals surface area contributed by atoms with Gasteiger partial charge in [0.1, 0.15) is 5.60 Å². The van der Waals surface area contributed by atoms with E-state index in [-0.39, 0.29) is 6.79 Å². The number of halogens is 1. The Labute approximate surface area is 168 Å². The van der Waals surface area contributed by atoms with Gasteiger partial charge in [0.15, 0.2) is 17.5 Å². The van der Waals surface area contributed by atoms with E-state index in [4.69, 9.17) is 14.2 Å². The number of amides is 1. The van der Waals surface area contributed by atoms with Crippen LogP contribution in [0.2, 0.25) is 0 Å². The summed E-state index contributed by atoms with van der Waals surface area (Å²) in [7, 11) is 1.71. The second-order valence-electron chi connectivity index (χ2n) is 6.95. The first-order valence-corrected chi connectivity index (χ1v) is 9.57. The van der Waals surface area contributed by atoms with Gasteiger partial charge in [-0.25, -0.2) is 4.79 Å². The van der Waals surface area contributed by atoms with E-state index < -0.39 is 11.7 Å². The molecule has 27 heavy (non-hydrogen) atoms. The van der Waals surface area contributed by atoms with Crippen molar-refractivity contribution in [3.8, 4) is 11.5 Å². The summed E-state index contributed by atoms with van der Waals surface area (Å²) in [6, 6.07) is 3.93. The van der Waals surface area contributed by atoms with Crippen LogP contribution in [0, 0.1) is 0 Å². The predicted molar refractivity (Wildman–Crippen MR) is 107 cm³/mol. The number of benzene rings is 1. The summed E-state index contributed by atoms with van der Waals surface area (Å²) in [5.74, 6) is 2.15. The summed E-state index contributed by atoms with van der Waals surface area (Å²) in [6.07, 6.45) is 0.341. The van der Waals surface area contributed by atoms with E-state index >= 15 is 0 Å². The van der Waals surface area contributed by atoms with Gasteiger partial charge in [0.2, 0.25) is 6.79 Å². The molecule has 0 saturated heterocycles. The van der Waals surface area contributed by atoms with Crippen LogP contribution in [0.4, 0.5) is 4.79 Å². The molecule has 0 aliphatic carbocycles. The van der Waals surface area contributed by atoms with E-state index in [0.717, 1.165) is 28.0 Å². The average molecular weight is 443 g/mol. The molecule has 9 heteroatoms. The summed E-state index contributed by atoms with van der Waals surface area (Å²) in [6.45, 7) is 7.53. The number of rotatable bonds is 6. The largest absolute Gasteiger partial charge is 0.454 e. The maximum atomic E-state index is 11.6. The van der Waals surface area contributed by atoms with Crippen LogP contribution in [0.5, 0.6) is 11.5 Å². The molecule has 150 valence electrons. The molecule has 0 bridgehead atoms. The Kier molecular flexibility index (Phi) is 7.58. The van der Waals surface area contributed by atoms with E-state index in [2.05, 4.69) is 36.9 Å². The highest BCUT2D eigenvalue weighted by Gasteiger charge is 2.18. The van der Waals surface area contributed by atoms with Crippen LogP contribution in [-0.4, -0.2) is 44.6 Å². The third kappa shape index (κ3) is 7.16. The summed E-state index contributed by atoms with van der Waals surface area (Å²) < 4.78 is 16.9. The standard InChI is InChI=1S/C18H27BrN4O4/c1-18(2,3)27-17(24)22-7-5-6-21-16(20-4)23-10-12-8-13(19)15-14(9-12)25-11-26-15/h8-9H,5-7,10-11H2,1-4H3,(H,22,24)(H2,20,21,23). The highest BCUT2D eigenvalue weighted by molar-refractivity contribution is 9.10.